The summed E-state index contributed by atoms with van der Waals surface area (Å²) in [5.41, 5.74) is 0.731. The van der Waals surface area contributed by atoms with Crippen molar-refractivity contribution in [3.8, 4) is 0 Å². The first kappa shape index (κ1) is 16.4. The first-order valence-electron chi connectivity index (χ1n) is 7.32. The quantitative estimate of drug-likeness (QED) is 0.784. The van der Waals surface area contributed by atoms with E-state index in [1.54, 1.807) is 33.0 Å². The third-order valence-corrected chi connectivity index (χ3v) is 3.36. The fourth-order valence-electron chi connectivity index (χ4n) is 2.26. The van der Waals surface area contributed by atoms with Gasteiger partial charge in [-0.25, -0.2) is 4.79 Å². The minimum atomic E-state index is -0.675. The number of carbonyl (C=O) groups is 2. The highest BCUT2D eigenvalue weighted by molar-refractivity contribution is 6.02. The Bertz CT molecular complexity index is 566. The third kappa shape index (κ3) is 3.82. The average molecular weight is 306 g/mol. The number of nitrogens with zero attached hydrogens (tertiary/aromatic N) is 2. The number of amides is 1. The number of aryl methyl sites for hydroxylation is 1. The minimum Gasteiger partial charge on any atom is -0.444 e. The number of carbonyl (C=O) groups excluding carboxylic acids is 2. The maximum atomic E-state index is 12.7. The number of hydrogen-bond acceptors (Lipinski definition) is 5. The van der Waals surface area contributed by atoms with Gasteiger partial charge in [-0.3, -0.25) is 14.7 Å². The highest BCUT2D eigenvalue weighted by Gasteiger charge is 2.36. The van der Waals surface area contributed by atoms with Gasteiger partial charge in [0.25, 0.3) is 0 Å². The molecule has 0 N–H and O–H groups in total. The van der Waals surface area contributed by atoms with Crippen molar-refractivity contribution in [1.82, 2.24) is 9.88 Å². The van der Waals surface area contributed by atoms with Gasteiger partial charge in [0.15, 0.2) is 5.78 Å². The van der Waals surface area contributed by atoms with Gasteiger partial charge >= 0.3 is 6.09 Å². The average Bonchev–Trinajstić information content (AvgIpc) is 2.45. The minimum absolute atomic E-state index is 0.170. The van der Waals surface area contributed by atoms with E-state index >= 15 is 0 Å². The molecule has 2 rings (SSSR count). The molecule has 0 aliphatic carbocycles. The Hall–Kier alpha value is -1.95. The summed E-state index contributed by atoms with van der Waals surface area (Å²) in [6.07, 6.45) is 2.67. The molecule has 1 aromatic heterocycles. The van der Waals surface area contributed by atoms with Crippen LogP contribution in [0.4, 0.5) is 4.79 Å². The lowest BCUT2D eigenvalue weighted by molar-refractivity contribution is -0.0266. The van der Waals surface area contributed by atoms with E-state index in [2.05, 4.69) is 4.98 Å². The number of pyridine rings is 1. The van der Waals surface area contributed by atoms with E-state index in [1.807, 2.05) is 6.92 Å². The smallest absolute Gasteiger partial charge is 0.411 e. The van der Waals surface area contributed by atoms with Crippen molar-refractivity contribution >= 4 is 11.9 Å². The van der Waals surface area contributed by atoms with E-state index < -0.39 is 17.7 Å². The van der Waals surface area contributed by atoms with Gasteiger partial charge in [0.1, 0.15) is 11.6 Å². The van der Waals surface area contributed by atoms with Crippen LogP contribution in [0.5, 0.6) is 0 Å². The number of hydrogen-bond donors (Lipinski definition) is 0. The molecular weight excluding hydrogens is 284 g/mol. The van der Waals surface area contributed by atoms with Crippen molar-refractivity contribution in [3.05, 3.63) is 29.6 Å². The Morgan fingerprint density at radius 1 is 1.41 bits per heavy atom. The molecule has 1 atom stereocenters. The van der Waals surface area contributed by atoms with Gasteiger partial charge in [0.2, 0.25) is 0 Å². The summed E-state index contributed by atoms with van der Waals surface area (Å²) in [7, 11) is 0. The van der Waals surface area contributed by atoms with Crippen molar-refractivity contribution in [2.24, 2.45) is 0 Å². The van der Waals surface area contributed by atoms with Crippen molar-refractivity contribution < 1.29 is 19.1 Å². The fraction of sp³-hybridized carbons (Fsp3) is 0.562. The van der Waals surface area contributed by atoms with Gasteiger partial charge in [0, 0.05) is 24.5 Å². The van der Waals surface area contributed by atoms with Gasteiger partial charge in [-0.05, 0) is 39.3 Å². The number of rotatable bonds is 2. The number of aromatic nitrogens is 1. The lowest BCUT2D eigenvalue weighted by Gasteiger charge is -2.35. The van der Waals surface area contributed by atoms with Crippen molar-refractivity contribution in [1.29, 1.82) is 0 Å². The third-order valence-electron chi connectivity index (χ3n) is 3.36. The summed E-state index contributed by atoms with van der Waals surface area (Å²) in [4.78, 5) is 30.5. The summed E-state index contributed by atoms with van der Waals surface area (Å²) in [6.45, 7) is 8.15. The molecule has 0 spiro atoms. The van der Waals surface area contributed by atoms with Crippen LogP contribution in [0.15, 0.2) is 18.5 Å². The van der Waals surface area contributed by atoms with Crippen molar-refractivity contribution in [2.75, 3.05) is 19.8 Å². The van der Waals surface area contributed by atoms with Gasteiger partial charge < -0.3 is 9.47 Å². The van der Waals surface area contributed by atoms with Crippen LogP contribution in [0.1, 0.15) is 36.7 Å². The van der Waals surface area contributed by atoms with E-state index in [1.165, 1.54) is 11.1 Å². The van der Waals surface area contributed by atoms with E-state index in [-0.39, 0.29) is 12.4 Å². The molecule has 1 aliphatic heterocycles. The van der Waals surface area contributed by atoms with E-state index in [0.29, 0.717) is 18.7 Å². The number of morpholine rings is 1. The van der Waals surface area contributed by atoms with Crippen LogP contribution < -0.4 is 0 Å². The summed E-state index contributed by atoms with van der Waals surface area (Å²) < 4.78 is 10.8. The molecule has 6 heteroatoms. The molecule has 6 nitrogen and oxygen atoms in total. The molecule has 2 heterocycles. The molecule has 0 radical (unpaired) electrons. The van der Waals surface area contributed by atoms with Gasteiger partial charge in [-0.2, -0.15) is 0 Å². The second-order valence-corrected chi connectivity index (χ2v) is 6.32. The standard InChI is InChI=1S/C16H22N2O4/c1-11-5-6-17-9-12(11)14(19)13-10-21-8-7-18(13)15(20)22-16(2,3)4/h5-6,9,13H,7-8,10H2,1-4H3. The molecule has 1 fully saturated rings. The van der Waals surface area contributed by atoms with Crippen LogP contribution in [-0.4, -0.2) is 53.2 Å². The van der Waals surface area contributed by atoms with Gasteiger partial charge in [-0.1, -0.05) is 0 Å². The predicted octanol–water partition coefficient (Wildman–Crippen LogP) is 2.21. The molecule has 0 bridgehead atoms. The zero-order valence-electron chi connectivity index (χ0n) is 13.5. The normalized spacial score (nSPS) is 18.9. The Morgan fingerprint density at radius 2 is 2.14 bits per heavy atom. The Kier molecular flexibility index (Phi) is 4.81. The summed E-state index contributed by atoms with van der Waals surface area (Å²) in [6, 6.07) is 1.10. The summed E-state index contributed by atoms with van der Waals surface area (Å²) in [5, 5.41) is 0. The first-order valence-corrected chi connectivity index (χ1v) is 7.32. The molecule has 0 saturated carbocycles. The number of ether oxygens (including phenoxy) is 2. The van der Waals surface area contributed by atoms with Crippen LogP contribution in [0.2, 0.25) is 0 Å². The fourth-order valence-corrected chi connectivity index (χ4v) is 2.26. The first-order chi connectivity index (χ1) is 10.3. The molecule has 120 valence electrons. The SMILES string of the molecule is Cc1ccncc1C(=O)C1COCCN1C(=O)OC(C)(C)C. The number of Topliss-reactive ketones (excluding diaryl/α,β-unsaturated/α-hetero) is 1. The maximum absolute atomic E-state index is 12.7. The van der Waals surface area contributed by atoms with Crippen LogP contribution in [0, 0.1) is 6.92 Å². The highest BCUT2D eigenvalue weighted by atomic mass is 16.6. The van der Waals surface area contributed by atoms with Crippen molar-refractivity contribution in [3.63, 3.8) is 0 Å². The predicted molar refractivity (Wildman–Crippen MR) is 80.9 cm³/mol. The lowest BCUT2D eigenvalue weighted by Crippen LogP contribution is -2.53. The van der Waals surface area contributed by atoms with Crippen molar-refractivity contribution in [2.45, 2.75) is 39.3 Å². The molecule has 1 aromatic rings. The second-order valence-electron chi connectivity index (χ2n) is 6.32. The zero-order chi connectivity index (χ0) is 16.3. The van der Waals surface area contributed by atoms with Crippen LogP contribution in [-0.2, 0) is 9.47 Å². The Balaban J connectivity index is 2.21. The van der Waals surface area contributed by atoms with Crippen LogP contribution >= 0.6 is 0 Å². The number of ketones is 1. The second kappa shape index (κ2) is 6.44. The van der Waals surface area contributed by atoms with E-state index in [0.717, 1.165) is 5.56 Å². The largest absolute Gasteiger partial charge is 0.444 e. The van der Waals surface area contributed by atoms with Gasteiger partial charge in [0.05, 0.1) is 13.2 Å². The van der Waals surface area contributed by atoms with E-state index in [4.69, 9.17) is 9.47 Å². The van der Waals surface area contributed by atoms with E-state index in [9.17, 15) is 9.59 Å². The van der Waals surface area contributed by atoms with Crippen LogP contribution in [0.3, 0.4) is 0 Å². The molecule has 1 aliphatic rings. The molecule has 0 aromatic carbocycles. The topological polar surface area (TPSA) is 68.7 Å². The molecular formula is C16H22N2O4. The monoisotopic (exact) mass is 306 g/mol. The summed E-state index contributed by atoms with van der Waals surface area (Å²) >= 11 is 0. The molecule has 1 amide bonds. The molecule has 1 saturated heterocycles. The zero-order valence-corrected chi connectivity index (χ0v) is 13.5. The maximum Gasteiger partial charge on any atom is 0.411 e. The van der Waals surface area contributed by atoms with Crippen LogP contribution in [0.25, 0.3) is 0 Å². The Morgan fingerprint density at radius 3 is 2.77 bits per heavy atom. The Labute approximate surface area is 130 Å². The summed E-state index contributed by atoms with van der Waals surface area (Å²) in [5.74, 6) is -0.170. The highest BCUT2D eigenvalue weighted by Crippen LogP contribution is 2.19. The molecule has 22 heavy (non-hydrogen) atoms. The van der Waals surface area contributed by atoms with Gasteiger partial charge in [-0.15, -0.1) is 0 Å². The lowest BCUT2D eigenvalue weighted by atomic mass is 10.0. The molecule has 1 unspecified atom stereocenters.